The van der Waals surface area contributed by atoms with Gasteiger partial charge in [0.05, 0.1) is 0 Å². The van der Waals surface area contributed by atoms with E-state index in [1.165, 1.54) is 0 Å². The van der Waals surface area contributed by atoms with Gasteiger partial charge in [-0.15, -0.1) is 0 Å². The molecule has 1 aromatic carbocycles. The fraction of sp³-hybridized carbons (Fsp3) is 0.200. The molecule has 0 heterocycles. The van der Waals surface area contributed by atoms with E-state index in [2.05, 4.69) is 27.8 Å². The van der Waals surface area contributed by atoms with Crippen molar-refractivity contribution in [1.82, 2.24) is 0 Å². The van der Waals surface area contributed by atoms with E-state index in [-0.39, 0.29) is 0 Å². The topological polar surface area (TPSA) is 20.2 Å². The van der Waals surface area contributed by atoms with Crippen molar-refractivity contribution in [2.24, 2.45) is 0 Å². The van der Waals surface area contributed by atoms with Crippen LogP contribution in [0, 0.1) is 11.8 Å². The molecule has 0 aromatic heterocycles. The summed E-state index contributed by atoms with van der Waals surface area (Å²) in [5, 5.41) is 8.92. The number of rotatable bonds is 0. The Morgan fingerprint density at radius 3 is 2.67 bits per heavy atom. The van der Waals surface area contributed by atoms with Crippen LogP contribution in [0.2, 0.25) is 0 Å². The van der Waals surface area contributed by atoms with E-state index in [4.69, 9.17) is 5.11 Å². The zero-order chi connectivity index (χ0) is 8.97. The molecule has 1 unspecified atom stereocenters. The van der Waals surface area contributed by atoms with E-state index in [9.17, 15) is 0 Å². The Morgan fingerprint density at radius 1 is 1.42 bits per heavy atom. The van der Waals surface area contributed by atoms with E-state index in [1.54, 1.807) is 6.92 Å². The second-order valence-corrected chi connectivity index (χ2v) is 3.28. The zero-order valence-electron chi connectivity index (χ0n) is 6.71. The van der Waals surface area contributed by atoms with Gasteiger partial charge in [0.1, 0.15) is 6.10 Å². The first-order valence-electron chi connectivity index (χ1n) is 3.64. The standard InChI is InChI=1S/C10H9BrO/c1-8(12)6-7-9-4-2-3-5-10(9)11/h2-5,8,12H,1H3. The van der Waals surface area contributed by atoms with Gasteiger partial charge in [-0.1, -0.05) is 24.0 Å². The maximum absolute atomic E-state index is 8.92. The third kappa shape index (κ3) is 2.69. The summed E-state index contributed by atoms with van der Waals surface area (Å²) in [5.41, 5.74) is 0.901. The van der Waals surface area contributed by atoms with Gasteiger partial charge < -0.3 is 5.11 Å². The van der Waals surface area contributed by atoms with Crippen LogP contribution in [0.15, 0.2) is 28.7 Å². The molecule has 0 aliphatic heterocycles. The molecular weight excluding hydrogens is 216 g/mol. The number of halogens is 1. The van der Waals surface area contributed by atoms with Crippen molar-refractivity contribution in [2.45, 2.75) is 13.0 Å². The highest BCUT2D eigenvalue weighted by atomic mass is 79.9. The van der Waals surface area contributed by atoms with Crippen molar-refractivity contribution in [2.75, 3.05) is 0 Å². The lowest BCUT2D eigenvalue weighted by Gasteiger charge is -1.93. The third-order valence-electron chi connectivity index (χ3n) is 1.29. The SMILES string of the molecule is CC(O)C#Cc1ccccc1Br. The Hall–Kier alpha value is -0.780. The molecule has 0 aliphatic rings. The van der Waals surface area contributed by atoms with Crippen LogP contribution in [-0.4, -0.2) is 11.2 Å². The van der Waals surface area contributed by atoms with Gasteiger partial charge >= 0.3 is 0 Å². The van der Waals surface area contributed by atoms with Crippen molar-refractivity contribution in [1.29, 1.82) is 0 Å². The van der Waals surface area contributed by atoms with Crippen LogP contribution in [-0.2, 0) is 0 Å². The Labute approximate surface area is 80.6 Å². The Bertz CT molecular complexity index is 320. The highest BCUT2D eigenvalue weighted by molar-refractivity contribution is 9.10. The van der Waals surface area contributed by atoms with Crippen LogP contribution in [0.1, 0.15) is 12.5 Å². The van der Waals surface area contributed by atoms with Crippen LogP contribution in [0.5, 0.6) is 0 Å². The van der Waals surface area contributed by atoms with E-state index in [0.29, 0.717) is 0 Å². The lowest BCUT2D eigenvalue weighted by Crippen LogP contribution is -1.92. The molecule has 0 radical (unpaired) electrons. The lowest BCUT2D eigenvalue weighted by molar-refractivity contribution is 0.253. The maximum atomic E-state index is 8.92. The average Bonchev–Trinajstić information content (AvgIpc) is 2.03. The van der Waals surface area contributed by atoms with E-state index >= 15 is 0 Å². The predicted molar refractivity (Wildman–Crippen MR) is 52.7 cm³/mol. The fourth-order valence-corrected chi connectivity index (χ4v) is 1.13. The molecule has 12 heavy (non-hydrogen) atoms. The van der Waals surface area contributed by atoms with Crippen molar-refractivity contribution in [3.05, 3.63) is 34.3 Å². The first-order valence-corrected chi connectivity index (χ1v) is 4.43. The van der Waals surface area contributed by atoms with Gasteiger partial charge in [-0.25, -0.2) is 0 Å². The molecule has 2 heteroatoms. The van der Waals surface area contributed by atoms with Crippen molar-refractivity contribution in [3.8, 4) is 11.8 Å². The third-order valence-corrected chi connectivity index (χ3v) is 1.98. The molecule has 0 saturated carbocycles. The summed E-state index contributed by atoms with van der Waals surface area (Å²) in [6, 6.07) is 7.67. The molecule has 1 nitrogen and oxygen atoms in total. The molecule has 0 spiro atoms. The molecule has 1 N–H and O–H groups in total. The first-order chi connectivity index (χ1) is 5.70. The number of hydrogen-bond acceptors (Lipinski definition) is 1. The second kappa shape index (κ2) is 4.30. The Balaban J connectivity index is 2.92. The zero-order valence-corrected chi connectivity index (χ0v) is 8.30. The normalized spacial score (nSPS) is 11.6. The highest BCUT2D eigenvalue weighted by Gasteiger charge is 1.92. The predicted octanol–water partition coefficient (Wildman–Crippen LogP) is 2.18. The number of aliphatic hydroxyl groups excluding tert-OH is 1. The molecular formula is C10H9BrO. The van der Waals surface area contributed by atoms with Gasteiger partial charge in [-0.05, 0) is 35.0 Å². The molecule has 0 saturated heterocycles. The maximum Gasteiger partial charge on any atom is 0.112 e. The van der Waals surface area contributed by atoms with Crippen molar-refractivity contribution >= 4 is 15.9 Å². The number of benzene rings is 1. The van der Waals surface area contributed by atoms with Gasteiger partial charge in [0, 0.05) is 10.0 Å². The Kier molecular flexibility index (Phi) is 3.33. The minimum atomic E-state index is -0.572. The van der Waals surface area contributed by atoms with Crippen LogP contribution in [0.25, 0.3) is 0 Å². The van der Waals surface area contributed by atoms with Crippen LogP contribution in [0.4, 0.5) is 0 Å². The van der Waals surface area contributed by atoms with Gasteiger partial charge in [-0.3, -0.25) is 0 Å². The Morgan fingerprint density at radius 2 is 2.08 bits per heavy atom. The summed E-state index contributed by atoms with van der Waals surface area (Å²) < 4.78 is 0.957. The van der Waals surface area contributed by atoms with Crippen LogP contribution in [0.3, 0.4) is 0 Å². The number of aliphatic hydroxyl groups is 1. The highest BCUT2D eigenvalue weighted by Crippen LogP contribution is 2.13. The fourth-order valence-electron chi connectivity index (χ4n) is 0.745. The summed E-state index contributed by atoms with van der Waals surface area (Å²) >= 11 is 3.36. The second-order valence-electron chi connectivity index (χ2n) is 2.43. The van der Waals surface area contributed by atoms with E-state index in [0.717, 1.165) is 10.0 Å². The largest absolute Gasteiger partial charge is 0.381 e. The van der Waals surface area contributed by atoms with Gasteiger partial charge in [0.2, 0.25) is 0 Å². The lowest BCUT2D eigenvalue weighted by atomic mass is 10.2. The summed E-state index contributed by atoms with van der Waals surface area (Å²) in [6.45, 7) is 1.64. The molecule has 0 aliphatic carbocycles. The van der Waals surface area contributed by atoms with Crippen LogP contribution < -0.4 is 0 Å². The quantitative estimate of drug-likeness (QED) is 0.671. The summed E-state index contributed by atoms with van der Waals surface area (Å²) in [4.78, 5) is 0. The van der Waals surface area contributed by atoms with Gasteiger partial charge in [-0.2, -0.15) is 0 Å². The molecule has 1 aromatic rings. The first kappa shape index (κ1) is 9.31. The van der Waals surface area contributed by atoms with E-state index in [1.807, 2.05) is 24.3 Å². The molecule has 1 rings (SSSR count). The molecule has 0 bridgehead atoms. The van der Waals surface area contributed by atoms with Gasteiger partial charge in [0.25, 0.3) is 0 Å². The smallest absolute Gasteiger partial charge is 0.112 e. The number of hydrogen-bond donors (Lipinski definition) is 1. The molecule has 62 valence electrons. The van der Waals surface area contributed by atoms with Crippen LogP contribution >= 0.6 is 15.9 Å². The summed E-state index contributed by atoms with van der Waals surface area (Å²) in [7, 11) is 0. The monoisotopic (exact) mass is 224 g/mol. The van der Waals surface area contributed by atoms with E-state index < -0.39 is 6.10 Å². The average molecular weight is 225 g/mol. The minimum absolute atomic E-state index is 0.572. The molecule has 0 fully saturated rings. The van der Waals surface area contributed by atoms with Crippen molar-refractivity contribution in [3.63, 3.8) is 0 Å². The summed E-state index contributed by atoms with van der Waals surface area (Å²) in [6.07, 6.45) is -0.572. The van der Waals surface area contributed by atoms with Gasteiger partial charge in [0.15, 0.2) is 0 Å². The summed E-state index contributed by atoms with van der Waals surface area (Å²) in [5.74, 6) is 5.54. The molecule has 0 amide bonds. The van der Waals surface area contributed by atoms with Crippen molar-refractivity contribution < 1.29 is 5.11 Å². The minimum Gasteiger partial charge on any atom is -0.381 e. The molecule has 1 atom stereocenters.